The van der Waals surface area contributed by atoms with E-state index < -0.39 is 0 Å². The van der Waals surface area contributed by atoms with Crippen molar-refractivity contribution in [1.82, 2.24) is 19.9 Å². The molecular formula is C15H24N4O3. The lowest BCUT2D eigenvalue weighted by Crippen LogP contribution is -2.52. The standard InChI is InChI=1S/C15H24N4O3/c1-3-18-8-9-21-13(10-18)15(20)19-6-4-12(5-7-19)14-16-11(2)17-22-14/h12-13H,3-10H2,1-2H3. The summed E-state index contributed by atoms with van der Waals surface area (Å²) in [6, 6.07) is 0. The summed E-state index contributed by atoms with van der Waals surface area (Å²) in [7, 11) is 0. The minimum absolute atomic E-state index is 0.123. The highest BCUT2D eigenvalue weighted by Crippen LogP contribution is 2.27. The van der Waals surface area contributed by atoms with Crippen LogP contribution in [-0.4, -0.2) is 71.3 Å². The van der Waals surface area contributed by atoms with Gasteiger partial charge in [0, 0.05) is 32.1 Å². The average Bonchev–Trinajstić information content (AvgIpc) is 3.01. The van der Waals surface area contributed by atoms with Crippen molar-refractivity contribution in [3.63, 3.8) is 0 Å². The fraction of sp³-hybridized carbons (Fsp3) is 0.800. The van der Waals surface area contributed by atoms with Crippen LogP contribution in [0.25, 0.3) is 0 Å². The number of likely N-dealkylation sites (tertiary alicyclic amines) is 1. The molecule has 1 unspecified atom stereocenters. The molecule has 122 valence electrons. The Morgan fingerprint density at radius 3 is 2.73 bits per heavy atom. The largest absolute Gasteiger partial charge is 0.366 e. The first-order valence-electron chi connectivity index (χ1n) is 8.10. The molecule has 2 aliphatic heterocycles. The molecule has 2 saturated heterocycles. The molecule has 0 N–H and O–H groups in total. The van der Waals surface area contributed by atoms with Gasteiger partial charge in [-0.05, 0) is 26.3 Å². The van der Waals surface area contributed by atoms with Gasteiger partial charge in [-0.3, -0.25) is 9.69 Å². The van der Waals surface area contributed by atoms with Crippen molar-refractivity contribution < 1.29 is 14.1 Å². The van der Waals surface area contributed by atoms with Gasteiger partial charge in [-0.25, -0.2) is 0 Å². The van der Waals surface area contributed by atoms with E-state index in [4.69, 9.17) is 9.26 Å². The van der Waals surface area contributed by atoms with Gasteiger partial charge in [0.25, 0.3) is 5.91 Å². The van der Waals surface area contributed by atoms with Crippen molar-refractivity contribution >= 4 is 5.91 Å². The summed E-state index contributed by atoms with van der Waals surface area (Å²) in [5.74, 6) is 1.77. The van der Waals surface area contributed by atoms with Gasteiger partial charge in [0.1, 0.15) is 6.10 Å². The van der Waals surface area contributed by atoms with Crippen molar-refractivity contribution in [2.24, 2.45) is 0 Å². The minimum atomic E-state index is -0.309. The van der Waals surface area contributed by atoms with Crippen LogP contribution >= 0.6 is 0 Å². The molecule has 2 aliphatic rings. The molecule has 7 heteroatoms. The predicted octanol–water partition coefficient (Wildman–Crippen LogP) is 0.805. The van der Waals surface area contributed by atoms with Crippen molar-refractivity contribution in [3.05, 3.63) is 11.7 Å². The molecule has 0 saturated carbocycles. The van der Waals surface area contributed by atoms with E-state index in [1.165, 1.54) is 0 Å². The second-order valence-electron chi connectivity index (χ2n) is 6.03. The van der Waals surface area contributed by atoms with Gasteiger partial charge in [0.05, 0.1) is 6.61 Å². The number of carbonyl (C=O) groups excluding carboxylic acids is 1. The molecule has 0 radical (unpaired) electrons. The number of amides is 1. The Morgan fingerprint density at radius 2 is 2.09 bits per heavy atom. The van der Waals surface area contributed by atoms with Gasteiger partial charge in [-0.1, -0.05) is 12.1 Å². The molecule has 3 rings (SSSR count). The van der Waals surface area contributed by atoms with Gasteiger partial charge < -0.3 is 14.2 Å². The normalized spacial score (nSPS) is 24.6. The van der Waals surface area contributed by atoms with E-state index in [1.807, 2.05) is 11.8 Å². The van der Waals surface area contributed by atoms with Gasteiger partial charge in [-0.2, -0.15) is 4.98 Å². The first-order chi connectivity index (χ1) is 10.7. The Balaban J connectivity index is 1.53. The first kappa shape index (κ1) is 15.4. The number of nitrogens with zero attached hydrogens (tertiary/aromatic N) is 4. The molecule has 0 aromatic carbocycles. The Morgan fingerprint density at radius 1 is 1.32 bits per heavy atom. The lowest BCUT2D eigenvalue weighted by molar-refractivity contribution is -0.150. The highest BCUT2D eigenvalue weighted by molar-refractivity contribution is 5.81. The van der Waals surface area contributed by atoms with E-state index in [1.54, 1.807) is 0 Å². The number of hydrogen-bond acceptors (Lipinski definition) is 6. The van der Waals surface area contributed by atoms with E-state index in [9.17, 15) is 4.79 Å². The topological polar surface area (TPSA) is 71.7 Å². The van der Waals surface area contributed by atoms with Crippen LogP contribution in [0.3, 0.4) is 0 Å². The SMILES string of the molecule is CCN1CCOC(C(=O)N2CCC(c3nc(C)no3)CC2)C1. The van der Waals surface area contributed by atoms with E-state index in [0.717, 1.165) is 39.0 Å². The van der Waals surface area contributed by atoms with Gasteiger partial charge >= 0.3 is 0 Å². The van der Waals surface area contributed by atoms with Crippen molar-refractivity contribution in [3.8, 4) is 0 Å². The van der Waals surface area contributed by atoms with E-state index in [-0.39, 0.29) is 17.9 Å². The fourth-order valence-electron chi connectivity index (χ4n) is 3.17. The predicted molar refractivity (Wildman–Crippen MR) is 79.4 cm³/mol. The maximum Gasteiger partial charge on any atom is 0.253 e. The van der Waals surface area contributed by atoms with Crippen molar-refractivity contribution in [1.29, 1.82) is 0 Å². The van der Waals surface area contributed by atoms with Crippen LogP contribution in [-0.2, 0) is 9.53 Å². The molecule has 1 amide bonds. The molecule has 7 nitrogen and oxygen atoms in total. The summed E-state index contributed by atoms with van der Waals surface area (Å²) in [4.78, 5) is 21.1. The van der Waals surface area contributed by atoms with Crippen molar-refractivity contribution in [2.45, 2.75) is 38.7 Å². The van der Waals surface area contributed by atoms with Crippen molar-refractivity contribution in [2.75, 3.05) is 39.3 Å². The molecule has 1 aromatic rings. The number of aryl methyl sites for hydroxylation is 1. The third-order valence-electron chi connectivity index (χ3n) is 4.57. The fourth-order valence-corrected chi connectivity index (χ4v) is 3.17. The maximum absolute atomic E-state index is 12.6. The minimum Gasteiger partial charge on any atom is -0.366 e. The third kappa shape index (κ3) is 3.30. The molecule has 0 aliphatic carbocycles. The Labute approximate surface area is 130 Å². The first-order valence-corrected chi connectivity index (χ1v) is 8.10. The smallest absolute Gasteiger partial charge is 0.253 e. The molecule has 0 bridgehead atoms. The summed E-state index contributed by atoms with van der Waals surface area (Å²) in [6.45, 7) is 8.63. The second kappa shape index (κ2) is 6.75. The van der Waals surface area contributed by atoms with Crippen LogP contribution in [0.1, 0.15) is 37.4 Å². The highest BCUT2D eigenvalue weighted by atomic mass is 16.5. The Kier molecular flexibility index (Phi) is 4.73. The maximum atomic E-state index is 12.6. The van der Waals surface area contributed by atoms with E-state index in [0.29, 0.717) is 24.9 Å². The molecule has 1 aromatic heterocycles. The lowest BCUT2D eigenvalue weighted by Gasteiger charge is -2.36. The zero-order valence-corrected chi connectivity index (χ0v) is 13.3. The number of likely N-dealkylation sites (N-methyl/N-ethyl adjacent to an activating group) is 1. The highest BCUT2D eigenvalue weighted by Gasteiger charge is 2.33. The number of rotatable bonds is 3. The Hall–Kier alpha value is -1.47. The molecule has 22 heavy (non-hydrogen) atoms. The van der Waals surface area contributed by atoms with Crippen LogP contribution in [0.2, 0.25) is 0 Å². The monoisotopic (exact) mass is 308 g/mol. The summed E-state index contributed by atoms with van der Waals surface area (Å²) >= 11 is 0. The average molecular weight is 308 g/mol. The Bertz CT molecular complexity index is 511. The molecule has 1 atom stereocenters. The number of piperidine rings is 1. The molecule has 3 heterocycles. The van der Waals surface area contributed by atoms with Crippen LogP contribution in [0.15, 0.2) is 4.52 Å². The van der Waals surface area contributed by atoms with Gasteiger partial charge in [0.2, 0.25) is 5.89 Å². The van der Waals surface area contributed by atoms with Crippen LogP contribution < -0.4 is 0 Å². The number of aromatic nitrogens is 2. The zero-order chi connectivity index (χ0) is 15.5. The number of morpholine rings is 1. The summed E-state index contributed by atoms with van der Waals surface area (Å²) in [5.41, 5.74) is 0. The summed E-state index contributed by atoms with van der Waals surface area (Å²) < 4.78 is 10.9. The number of carbonyl (C=O) groups is 1. The summed E-state index contributed by atoms with van der Waals surface area (Å²) in [6.07, 6.45) is 1.44. The van der Waals surface area contributed by atoms with Gasteiger partial charge in [0.15, 0.2) is 5.82 Å². The van der Waals surface area contributed by atoms with E-state index in [2.05, 4.69) is 22.0 Å². The number of ether oxygens (including phenoxy) is 1. The molecular weight excluding hydrogens is 284 g/mol. The van der Waals surface area contributed by atoms with E-state index >= 15 is 0 Å². The zero-order valence-electron chi connectivity index (χ0n) is 13.3. The summed E-state index contributed by atoms with van der Waals surface area (Å²) in [5, 5.41) is 3.84. The second-order valence-corrected chi connectivity index (χ2v) is 6.03. The van der Waals surface area contributed by atoms with Crippen LogP contribution in [0.5, 0.6) is 0 Å². The number of hydrogen-bond donors (Lipinski definition) is 0. The van der Waals surface area contributed by atoms with Crippen LogP contribution in [0, 0.1) is 6.92 Å². The van der Waals surface area contributed by atoms with Crippen LogP contribution in [0.4, 0.5) is 0 Å². The lowest BCUT2D eigenvalue weighted by atomic mass is 9.96. The van der Waals surface area contributed by atoms with Gasteiger partial charge in [-0.15, -0.1) is 0 Å². The molecule has 2 fully saturated rings. The quantitative estimate of drug-likeness (QED) is 0.823. The molecule has 0 spiro atoms. The third-order valence-corrected chi connectivity index (χ3v) is 4.57.